The maximum Gasteiger partial charge on any atom is 0.250 e. The highest BCUT2D eigenvalue weighted by molar-refractivity contribution is 6.33. The molecule has 0 bridgehead atoms. The van der Waals surface area contributed by atoms with Crippen LogP contribution in [0.3, 0.4) is 0 Å². The smallest absolute Gasteiger partial charge is 0.250 e. The van der Waals surface area contributed by atoms with Crippen LogP contribution in [0, 0.1) is 13.8 Å². The fraction of sp³-hybridized carbons (Fsp3) is 0.235. The first-order chi connectivity index (χ1) is 11.3. The number of likely N-dealkylation sites (N-methyl/N-ethyl adjacent to an activating group) is 1. The molecule has 0 saturated heterocycles. The third-order valence-electron chi connectivity index (χ3n) is 3.73. The van der Waals surface area contributed by atoms with Gasteiger partial charge in [-0.05, 0) is 37.1 Å². The van der Waals surface area contributed by atoms with E-state index < -0.39 is 5.91 Å². The summed E-state index contributed by atoms with van der Waals surface area (Å²) in [6.07, 6.45) is 1.34. The number of carbonyl (C=O) groups is 2. The van der Waals surface area contributed by atoms with Crippen molar-refractivity contribution < 1.29 is 9.59 Å². The Morgan fingerprint density at radius 3 is 2.67 bits per heavy atom. The van der Waals surface area contributed by atoms with Crippen LogP contribution in [-0.2, 0) is 4.79 Å². The largest absolute Gasteiger partial charge is 0.366 e. The van der Waals surface area contributed by atoms with Gasteiger partial charge in [0.1, 0.15) is 5.82 Å². The summed E-state index contributed by atoms with van der Waals surface area (Å²) in [4.78, 5) is 29.1. The summed E-state index contributed by atoms with van der Waals surface area (Å²) < 4.78 is 0. The van der Waals surface area contributed by atoms with Crippen molar-refractivity contribution in [2.45, 2.75) is 13.8 Å². The van der Waals surface area contributed by atoms with E-state index in [1.54, 1.807) is 11.9 Å². The van der Waals surface area contributed by atoms with Gasteiger partial charge in [0.05, 0.1) is 17.1 Å². The Kier molecular flexibility index (Phi) is 5.41. The highest BCUT2D eigenvalue weighted by atomic mass is 35.5. The number of nitrogens with zero attached hydrogens (tertiary/aromatic N) is 2. The third kappa shape index (κ3) is 4.02. The molecule has 0 radical (unpaired) electrons. The van der Waals surface area contributed by atoms with E-state index in [1.165, 1.54) is 12.3 Å². The second-order valence-corrected chi connectivity index (χ2v) is 5.95. The Bertz CT molecular complexity index is 792. The maximum atomic E-state index is 12.2. The monoisotopic (exact) mass is 346 g/mol. The van der Waals surface area contributed by atoms with Crippen LogP contribution < -0.4 is 16.0 Å². The molecule has 0 unspecified atom stereocenters. The number of nitrogens with one attached hydrogen (secondary N) is 1. The van der Waals surface area contributed by atoms with Crippen molar-refractivity contribution in [1.82, 2.24) is 4.98 Å². The number of amides is 2. The number of anilines is 2. The fourth-order valence-electron chi connectivity index (χ4n) is 2.21. The van der Waals surface area contributed by atoms with E-state index in [1.807, 2.05) is 32.0 Å². The molecule has 2 amide bonds. The zero-order valence-corrected chi connectivity index (χ0v) is 14.5. The van der Waals surface area contributed by atoms with Crippen molar-refractivity contribution in [2.75, 3.05) is 23.8 Å². The SMILES string of the molecule is Cc1cccc(NC(=O)CN(C)c2ncc(C(N)=O)cc2Cl)c1C. The quantitative estimate of drug-likeness (QED) is 0.870. The molecule has 0 fully saturated rings. The van der Waals surface area contributed by atoms with E-state index in [2.05, 4.69) is 10.3 Å². The van der Waals surface area contributed by atoms with E-state index in [0.717, 1.165) is 16.8 Å². The van der Waals surface area contributed by atoms with Gasteiger partial charge in [0.2, 0.25) is 11.8 Å². The molecule has 7 heteroatoms. The number of halogens is 1. The summed E-state index contributed by atoms with van der Waals surface area (Å²) in [6, 6.07) is 7.17. The second kappa shape index (κ2) is 7.31. The molecule has 1 heterocycles. The average Bonchev–Trinajstić information content (AvgIpc) is 2.51. The number of carbonyl (C=O) groups excluding carboxylic acids is 2. The lowest BCUT2D eigenvalue weighted by atomic mass is 10.1. The van der Waals surface area contributed by atoms with E-state index in [4.69, 9.17) is 17.3 Å². The predicted octanol–water partition coefficient (Wildman–Crippen LogP) is 2.53. The minimum Gasteiger partial charge on any atom is -0.366 e. The van der Waals surface area contributed by atoms with E-state index in [0.29, 0.717) is 5.82 Å². The van der Waals surface area contributed by atoms with Gasteiger partial charge in [-0.1, -0.05) is 23.7 Å². The molecule has 1 aromatic heterocycles. The van der Waals surface area contributed by atoms with Gasteiger partial charge in [-0.15, -0.1) is 0 Å². The van der Waals surface area contributed by atoms with Crippen LogP contribution in [0.2, 0.25) is 5.02 Å². The molecule has 3 N–H and O–H groups in total. The highest BCUT2D eigenvalue weighted by Gasteiger charge is 2.14. The lowest BCUT2D eigenvalue weighted by molar-refractivity contribution is -0.114. The molecule has 24 heavy (non-hydrogen) atoms. The summed E-state index contributed by atoms with van der Waals surface area (Å²) in [5, 5.41) is 3.13. The van der Waals surface area contributed by atoms with Gasteiger partial charge < -0.3 is 16.0 Å². The molecular weight excluding hydrogens is 328 g/mol. The van der Waals surface area contributed by atoms with Crippen molar-refractivity contribution >= 4 is 34.9 Å². The number of primary amides is 1. The first-order valence-corrected chi connectivity index (χ1v) is 7.70. The zero-order valence-electron chi connectivity index (χ0n) is 13.8. The highest BCUT2D eigenvalue weighted by Crippen LogP contribution is 2.23. The predicted molar refractivity (Wildman–Crippen MR) is 95.6 cm³/mol. The fourth-order valence-corrected chi connectivity index (χ4v) is 2.52. The van der Waals surface area contributed by atoms with Gasteiger partial charge in [0, 0.05) is 18.9 Å². The number of aryl methyl sites for hydroxylation is 1. The molecule has 2 aromatic rings. The molecule has 0 saturated carbocycles. The summed E-state index contributed by atoms with van der Waals surface area (Å²) in [7, 11) is 1.70. The zero-order chi connectivity index (χ0) is 17.9. The molecule has 0 aliphatic rings. The molecule has 1 aromatic carbocycles. The number of hydrogen-bond donors (Lipinski definition) is 2. The maximum absolute atomic E-state index is 12.2. The van der Waals surface area contributed by atoms with Crippen molar-refractivity contribution in [3.05, 3.63) is 52.2 Å². The Balaban J connectivity index is 2.09. The number of nitrogens with two attached hydrogens (primary N) is 1. The van der Waals surface area contributed by atoms with Crippen molar-refractivity contribution in [2.24, 2.45) is 5.73 Å². The second-order valence-electron chi connectivity index (χ2n) is 5.55. The van der Waals surface area contributed by atoms with Gasteiger partial charge in [-0.3, -0.25) is 9.59 Å². The molecule has 0 atom stereocenters. The van der Waals surface area contributed by atoms with Crippen LogP contribution in [0.15, 0.2) is 30.5 Å². The summed E-state index contributed by atoms with van der Waals surface area (Å²) in [5.41, 5.74) is 8.31. The minimum absolute atomic E-state index is 0.0655. The molecular formula is C17H19ClN4O2. The lowest BCUT2D eigenvalue weighted by Crippen LogP contribution is -2.31. The van der Waals surface area contributed by atoms with Crippen LogP contribution in [0.1, 0.15) is 21.5 Å². The van der Waals surface area contributed by atoms with Crippen LogP contribution in [0.25, 0.3) is 0 Å². The Morgan fingerprint density at radius 1 is 1.33 bits per heavy atom. The first-order valence-electron chi connectivity index (χ1n) is 7.32. The summed E-state index contributed by atoms with van der Waals surface area (Å²) in [6.45, 7) is 4.01. The van der Waals surface area contributed by atoms with E-state index in [9.17, 15) is 9.59 Å². The van der Waals surface area contributed by atoms with Crippen molar-refractivity contribution in [3.63, 3.8) is 0 Å². The van der Waals surface area contributed by atoms with Gasteiger partial charge in [0.15, 0.2) is 0 Å². The topological polar surface area (TPSA) is 88.3 Å². The Labute approximate surface area is 145 Å². The number of pyridine rings is 1. The van der Waals surface area contributed by atoms with Crippen LogP contribution >= 0.6 is 11.6 Å². The molecule has 6 nitrogen and oxygen atoms in total. The molecule has 2 rings (SSSR count). The molecule has 0 spiro atoms. The van der Waals surface area contributed by atoms with Gasteiger partial charge in [-0.25, -0.2) is 4.98 Å². The Morgan fingerprint density at radius 2 is 2.04 bits per heavy atom. The van der Waals surface area contributed by atoms with Crippen molar-refractivity contribution in [3.8, 4) is 0 Å². The van der Waals surface area contributed by atoms with Crippen LogP contribution in [0.4, 0.5) is 11.5 Å². The minimum atomic E-state index is -0.605. The van der Waals surface area contributed by atoms with Crippen LogP contribution in [-0.4, -0.2) is 30.4 Å². The molecule has 0 aliphatic heterocycles. The van der Waals surface area contributed by atoms with E-state index in [-0.39, 0.29) is 23.0 Å². The normalized spacial score (nSPS) is 10.3. The van der Waals surface area contributed by atoms with Gasteiger partial charge >= 0.3 is 0 Å². The van der Waals surface area contributed by atoms with Crippen LogP contribution in [0.5, 0.6) is 0 Å². The summed E-state index contributed by atoms with van der Waals surface area (Å²) in [5.74, 6) is -0.396. The number of hydrogen-bond acceptors (Lipinski definition) is 4. The Hall–Kier alpha value is -2.60. The van der Waals surface area contributed by atoms with Crippen molar-refractivity contribution in [1.29, 1.82) is 0 Å². The number of rotatable bonds is 5. The first kappa shape index (κ1) is 17.7. The number of benzene rings is 1. The standard InChI is InChI=1S/C17H19ClN4O2/c1-10-5-4-6-14(11(10)2)21-15(23)9-22(3)17-13(18)7-12(8-20-17)16(19)24/h4-8H,9H2,1-3H3,(H2,19,24)(H,21,23). The molecule has 126 valence electrons. The summed E-state index contributed by atoms with van der Waals surface area (Å²) >= 11 is 6.11. The average molecular weight is 347 g/mol. The number of aromatic nitrogens is 1. The molecule has 0 aliphatic carbocycles. The van der Waals surface area contributed by atoms with Gasteiger partial charge in [-0.2, -0.15) is 0 Å². The van der Waals surface area contributed by atoms with E-state index >= 15 is 0 Å². The lowest BCUT2D eigenvalue weighted by Gasteiger charge is -2.19. The van der Waals surface area contributed by atoms with Gasteiger partial charge in [0.25, 0.3) is 0 Å². The third-order valence-corrected chi connectivity index (χ3v) is 4.01.